The molecule has 0 radical (unpaired) electrons. The number of hydrogen-bond acceptors (Lipinski definition) is 5. The molecule has 1 rings (SSSR count). The van der Waals surface area contributed by atoms with Crippen molar-refractivity contribution in [3.8, 4) is 0 Å². The Hall–Kier alpha value is -1.72. The monoisotopic (exact) mass is 336 g/mol. The van der Waals surface area contributed by atoms with E-state index in [1.165, 1.54) is 24.8 Å². The molecular weight excluding hydrogens is 308 g/mol. The van der Waals surface area contributed by atoms with Crippen LogP contribution in [-0.2, 0) is 14.3 Å². The quantitative estimate of drug-likeness (QED) is 0.551. The van der Waals surface area contributed by atoms with Crippen molar-refractivity contribution in [2.75, 3.05) is 7.11 Å². The molecule has 0 aliphatic heterocycles. The number of aliphatic hydroxyl groups excluding tert-OH is 2. The molecule has 24 heavy (non-hydrogen) atoms. The predicted molar refractivity (Wildman–Crippen MR) is 92.3 cm³/mol. The fourth-order valence-corrected chi connectivity index (χ4v) is 2.87. The Balaban J connectivity index is 3.02. The molecule has 0 aromatic rings. The summed E-state index contributed by atoms with van der Waals surface area (Å²) in [4.78, 5) is 24.2. The van der Waals surface area contributed by atoms with Gasteiger partial charge in [-0.05, 0) is 46.1 Å². The molecule has 1 aliphatic rings. The van der Waals surface area contributed by atoms with Crippen molar-refractivity contribution < 1.29 is 24.5 Å². The molecule has 5 heteroatoms. The third-order valence-corrected chi connectivity index (χ3v) is 4.32. The Bertz CT molecular complexity index is 554. The summed E-state index contributed by atoms with van der Waals surface area (Å²) in [5.74, 6) is -0.945. The average Bonchev–Trinajstić information content (AvgIpc) is 2.50. The van der Waals surface area contributed by atoms with E-state index in [1.807, 2.05) is 20.8 Å². The normalized spacial score (nSPS) is 25.3. The van der Waals surface area contributed by atoms with E-state index in [4.69, 9.17) is 0 Å². The number of esters is 1. The molecular formula is C19H28O5. The lowest BCUT2D eigenvalue weighted by molar-refractivity contribution is -0.151. The highest BCUT2D eigenvalue weighted by molar-refractivity contribution is 5.98. The van der Waals surface area contributed by atoms with Gasteiger partial charge < -0.3 is 14.9 Å². The van der Waals surface area contributed by atoms with Crippen molar-refractivity contribution >= 4 is 11.8 Å². The smallest absolute Gasteiger partial charge is 0.306 e. The lowest BCUT2D eigenvalue weighted by Gasteiger charge is -2.37. The van der Waals surface area contributed by atoms with Gasteiger partial charge in [0.2, 0.25) is 0 Å². The Morgan fingerprint density at radius 3 is 2.71 bits per heavy atom. The van der Waals surface area contributed by atoms with E-state index in [1.54, 1.807) is 6.08 Å². The number of hydrogen-bond donors (Lipinski definition) is 2. The number of allylic oxidation sites excluding steroid dienone is 4. The first-order chi connectivity index (χ1) is 11.2. The maximum absolute atomic E-state index is 12.4. The van der Waals surface area contributed by atoms with Crippen molar-refractivity contribution in [3.05, 3.63) is 35.5 Å². The minimum absolute atomic E-state index is 0.00362. The highest BCUT2D eigenvalue weighted by atomic mass is 16.5. The van der Waals surface area contributed by atoms with E-state index in [0.717, 1.165) is 18.4 Å². The van der Waals surface area contributed by atoms with E-state index in [9.17, 15) is 19.8 Å². The van der Waals surface area contributed by atoms with Gasteiger partial charge in [0, 0.05) is 0 Å². The maximum Gasteiger partial charge on any atom is 0.306 e. The van der Waals surface area contributed by atoms with Crippen LogP contribution in [0.25, 0.3) is 0 Å². The second-order valence-electron chi connectivity index (χ2n) is 6.68. The van der Waals surface area contributed by atoms with Crippen molar-refractivity contribution in [1.29, 1.82) is 0 Å². The van der Waals surface area contributed by atoms with Crippen molar-refractivity contribution in [2.45, 2.75) is 58.7 Å². The number of ether oxygens (including phenoxy) is 1. The largest absolute Gasteiger partial charge is 0.469 e. The van der Waals surface area contributed by atoms with E-state index >= 15 is 0 Å². The van der Waals surface area contributed by atoms with Crippen LogP contribution in [0, 0.1) is 5.41 Å². The van der Waals surface area contributed by atoms with Gasteiger partial charge in [0.05, 0.1) is 31.2 Å². The molecule has 134 valence electrons. The highest BCUT2D eigenvalue weighted by Crippen LogP contribution is 2.38. The first-order valence-electron chi connectivity index (χ1n) is 8.17. The minimum atomic E-state index is -1.38. The number of aliphatic hydroxyl groups is 2. The molecule has 1 aliphatic carbocycles. The van der Waals surface area contributed by atoms with Crippen LogP contribution < -0.4 is 0 Å². The third kappa shape index (κ3) is 5.42. The Kier molecular flexibility index (Phi) is 7.58. The Labute approximate surface area is 143 Å². The van der Waals surface area contributed by atoms with Crippen LogP contribution in [0.15, 0.2) is 35.5 Å². The molecule has 0 aromatic heterocycles. The van der Waals surface area contributed by atoms with Crippen molar-refractivity contribution in [2.24, 2.45) is 5.41 Å². The molecule has 5 nitrogen and oxygen atoms in total. The second kappa shape index (κ2) is 8.94. The molecule has 0 bridgehead atoms. The third-order valence-electron chi connectivity index (χ3n) is 4.32. The summed E-state index contributed by atoms with van der Waals surface area (Å²) in [6.07, 6.45) is 5.65. The standard InChI is InChI=1S/C19H28O5/c1-13(2)6-5-7-14(3)10-17(22)19(12-18(23)24-4)11-15(20)8-9-16(19)21/h6,8-10,15,17,20,22H,5,7,11-12H2,1-4H3. The van der Waals surface area contributed by atoms with Gasteiger partial charge in [0.15, 0.2) is 5.78 Å². The van der Waals surface area contributed by atoms with Gasteiger partial charge in [-0.1, -0.05) is 29.4 Å². The number of methoxy groups -OCH3 is 1. The first kappa shape index (κ1) is 20.3. The summed E-state index contributed by atoms with van der Waals surface area (Å²) in [5, 5.41) is 20.6. The molecule has 0 fully saturated rings. The van der Waals surface area contributed by atoms with Gasteiger partial charge in [0.25, 0.3) is 0 Å². The highest BCUT2D eigenvalue weighted by Gasteiger charge is 2.47. The zero-order valence-electron chi connectivity index (χ0n) is 14.9. The number of carbonyl (C=O) groups excluding carboxylic acids is 2. The van der Waals surface area contributed by atoms with Crippen LogP contribution in [-0.4, -0.2) is 41.3 Å². The average molecular weight is 336 g/mol. The molecule has 0 saturated heterocycles. The Morgan fingerprint density at radius 1 is 1.46 bits per heavy atom. The van der Waals surface area contributed by atoms with Crippen molar-refractivity contribution in [1.82, 2.24) is 0 Å². The van der Waals surface area contributed by atoms with Gasteiger partial charge in [-0.25, -0.2) is 0 Å². The SMILES string of the molecule is COC(=O)CC1(C(O)C=C(C)CCC=C(C)C)CC(O)C=CC1=O. The molecule has 0 saturated carbocycles. The van der Waals surface area contributed by atoms with Gasteiger partial charge in [-0.3, -0.25) is 9.59 Å². The molecule has 3 atom stereocenters. The molecule has 0 heterocycles. The van der Waals surface area contributed by atoms with Gasteiger partial charge in [0.1, 0.15) is 0 Å². The van der Waals surface area contributed by atoms with E-state index in [2.05, 4.69) is 10.8 Å². The summed E-state index contributed by atoms with van der Waals surface area (Å²) >= 11 is 0. The maximum atomic E-state index is 12.4. The molecule has 0 spiro atoms. The van der Waals surface area contributed by atoms with Crippen LogP contribution in [0.1, 0.15) is 46.5 Å². The minimum Gasteiger partial charge on any atom is -0.469 e. The summed E-state index contributed by atoms with van der Waals surface area (Å²) in [5.41, 5.74) is 0.779. The van der Waals surface area contributed by atoms with Crippen LogP contribution in [0.5, 0.6) is 0 Å². The number of ketones is 1. The van der Waals surface area contributed by atoms with E-state index in [0.29, 0.717) is 0 Å². The summed E-state index contributed by atoms with van der Waals surface area (Å²) in [6, 6.07) is 0. The molecule has 0 aromatic carbocycles. The zero-order valence-corrected chi connectivity index (χ0v) is 14.9. The number of carbonyl (C=O) groups is 2. The summed E-state index contributed by atoms with van der Waals surface area (Å²) in [7, 11) is 1.24. The summed E-state index contributed by atoms with van der Waals surface area (Å²) < 4.78 is 4.67. The van der Waals surface area contributed by atoms with Crippen LogP contribution in [0.2, 0.25) is 0 Å². The predicted octanol–water partition coefficient (Wildman–Crippen LogP) is 2.48. The van der Waals surface area contributed by atoms with E-state index < -0.39 is 23.6 Å². The second-order valence-corrected chi connectivity index (χ2v) is 6.68. The molecule has 3 unspecified atom stereocenters. The fourth-order valence-electron chi connectivity index (χ4n) is 2.87. The fraction of sp³-hybridized carbons (Fsp3) is 0.579. The zero-order chi connectivity index (χ0) is 18.3. The van der Waals surface area contributed by atoms with Gasteiger partial charge >= 0.3 is 5.97 Å². The van der Waals surface area contributed by atoms with Gasteiger partial charge in [-0.2, -0.15) is 0 Å². The number of rotatable bonds is 7. The molecule has 2 N–H and O–H groups in total. The van der Waals surface area contributed by atoms with Crippen LogP contribution >= 0.6 is 0 Å². The lowest BCUT2D eigenvalue weighted by atomic mass is 9.68. The first-order valence-corrected chi connectivity index (χ1v) is 8.17. The summed E-state index contributed by atoms with van der Waals surface area (Å²) in [6.45, 7) is 5.93. The Morgan fingerprint density at radius 2 is 2.12 bits per heavy atom. The van der Waals surface area contributed by atoms with Crippen LogP contribution in [0.4, 0.5) is 0 Å². The lowest BCUT2D eigenvalue weighted by Crippen LogP contribution is -2.47. The molecule has 0 amide bonds. The topological polar surface area (TPSA) is 83.8 Å². The van der Waals surface area contributed by atoms with Gasteiger partial charge in [-0.15, -0.1) is 0 Å². The van der Waals surface area contributed by atoms with E-state index in [-0.39, 0.29) is 18.6 Å². The van der Waals surface area contributed by atoms with Crippen molar-refractivity contribution in [3.63, 3.8) is 0 Å². The van der Waals surface area contributed by atoms with Crippen LogP contribution in [0.3, 0.4) is 0 Å².